The number of methoxy groups -OCH3 is 1. The van der Waals surface area contributed by atoms with Crippen LogP contribution in [-0.4, -0.2) is 23.2 Å². The van der Waals surface area contributed by atoms with Crippen LogP contribution in [0.4, 0.5) is 4.39 Å². The summed E-state index contributed by atoms with van der Waals surface area (Å²) in [5, 5.41) is 10.0. The van der Waals surface area contributed by atoms with Gasteiger partial charge in [0.05, 0.1) is 23.9 Å². The third kappa shape index (κ3) is 2.61. The fourth-order valence-electron chi connectivity index (χ4n) is 2.54. The Kier molecular flexibility index (Phi) is 3.70. The first-order chi connectivity index (χ1) is 11.0. The Morgan fingerprint density at radius 1 is 1.22 bits per heavy atom. The first kappa shape index (κ1) is 15.0. The molecule has 5 heteroatoms. The van der Waals surface area contributed by atoms with Gasteiger partial charge in [-0.1, -0.05) is 18.2 Å². The number of hydrogen-bond donors (Lipinski definition) is 1. The van der Waals surface area contributed by atoms with Gasteiger partial charge in [-0.2, -0.15) is 0 Å². The average Bonchev–Trinajstić information content (AvgIpc) is 2.54. The number of aromatic nitrogens is 1. The molecular formula is C18H14FNO3. The number of carboxylic acids is 1. The lowest BCUT2D eigenvalue weighted by atomic mass is 10.0. The molecule has 0 unspecified atom stereocenters. The van der Waals surface area contributed by atoms with Crippen molar-refractivity contribution in [1.82, 2.24) is 4.98 Å². The average molecular weight is 311 g/mol. The third-order valence-corrected chi connectivity index (χ3v) is 3.72. The molecule has 0 aliphatic rings. The van der Waals surface area contributed by atoms with E-state index in [4.69, 9.17) is 4.74 Å². The molecule has 23 heavy (non-hydrogen) atoms. The van der Waals surface area contributed by atoms with Crippen LogP contribution in [0.15, 0.2) is 42.5 Å². The molecule has 3 aromatic rings. The van der Waals surface area contributed by atoms with Crippen molar-refractivity contribution in [3.8, 4) is 17.0 Å². The number of ether oxygens (including phenoxy) is 1. The Morgan fingerprint density at radius 3 is 2.65 bits per heavy atom. The van der Waals surface area contributed by atoms with Gasteiger partial charge < -0.3 is 9.84 Å². The maximum atomic E-state index is 13.9. The minimum absolute atomic E-state index is 0.129. The second kappa shape index (κ2) is 5.68. The van der Waals surface area contributed by atoms with Gasteiger partial charge >= 0.3 is 5.97 Å². The molecular weight excluding hydrogens is 297 g/mol. The van der Waals surface area contributed by atoms with Crippen molar-refractivity contribution in [2.45, 2.75) is 6.92 Å². The predicted molar refractivity (Wildman–Crippen MR) is 85.4 cm³/mol. The van der Waals surface area contributed by atoms with E-state index < -0.39 is 11.8 Å². The zero-order chi connectivity index (χ0) is 16.6. The lowest BCUT2D eigenvalue weighted by molar-refractivity contribution is 0.0699. The second-order valence-corrected chi connectivity index (χ2v) is 5.18. The number of halogens is 1. The molecule has 0 saturated heterocycles. The van der Waals surface area contributed by atoms with Gasteiger partial charge in [-0.15, -0.1) is 0 Å². The van der Waals surface area contributed by atoms with Crippen molar-refractivity contribution in [2.24, 2.45) is 0 Å². The number of para-hydroxylation sites is 1. The molecule has 2 aromatic carbocycles. The van der Waals surface area contributed by atoms with Gasteiger partial charge in [-0.25, -0.2) is 14.2 Å². The van der Waals surface area contributed by atoms with Crippen LogP contribution in [-0.2, 0) is 0 Å². The molecule has 0 amide bonds. The van der Waals surface area contributed by atoms with Crippen LogP contribution in [0.2, 0.25) is 0 Å². The number of fused-ring (bicyclic) bond motifs is 1. The normalized spacial score (nSPS) is 10.7. The molecule has 0 radical (unpaired) electrons. The number of aryl methyl sites for hydroxylation is 1. The van der Waals surface area contributed by atoms with Gasteiger partial charge in [0.25, 0.3) is 0 Å². The van der Waals surface area contributed by atoms with Crippen molar-refractivity contribution < 1.29 is 19.0 Å². The van der Waals surface area contributed by atoms with Gasteiger partial charge in [0.2, 0.25) is 0 Å². The Morgan fingerprint density at radius 2 is 2.00 bits per heavy atom. The molecule has 1 N–H and O–H groups in total. The molecule has 0 aliphatic carbocycles. The topological polar surface area (TPSA) is 59.4 Å². The van der Waals surface area contributed by atoms with Gasteiger partial charge in [-0.05, 0) is 36.8 Å². The molecule has 1 aromatic heterocycles. The largest absolute Gasteiger partial charge is 0.494 e. The maximum Gasteiger partial charge on any atom is 0.336 e. The predicted octanol–water partition coefficient (Wildman–Crippen LogP) is 4.06. The molecule has 4 nitrogen and oxygen atoms in total. The lowest BCUT2D eigenvalue weighted by Gasteiger charge is -2.10. The maximum absolute atomic E-state index is 13.9. The van der Waals surface area contributed by atoms with Gasteiger partial charge in [0, 0.05) is 10.9 Å². The lowest BCUT2D eigenvalue weighted by Crippen LogP contribution is -2.01. The van der Waals surface area contributed by atoms with E-state index in [0.717, 1.165) is 5.56 Å². The highest BCUT2D eigenvalue weighted by atomic mass is 19.1. The van der Waals surface area contributed by atoms with Gasteiger partial charge in [-0.3, -0.25) is 0 Å². The van der Waals surface area contributed by atoms with Crippen molar-refractivity contribution in [2.75, 3.05) is 7.11 Å². The first-order valence-corrected chi connectivity index (χ1v) is 6.99. The summed E-state index contributed by atoms with van der Waals surface area (Å²) in [7, 11) is 1.39. The number of carboxylic acid groups (broad SMARTS) is 1. The van der Waals surface area contributed by atoms with Crippen molar-refractivity contribution in [3.63, 3.8) is 0 Å². The van der Waals surface area contributed by atoms with Crippen LogP contribution in [0, 0.1) is 12.7 Å². The van der Waals surface area contributed by atoms with E-state index in [1.807, 2.05) is 13.0 Å². The summed E-state index contributed by atoms with van der Waals surface area (Å²) in [5.41, 5.74) is 2.51. The summed E-state index contributed by atoms with van der Waals surface area (Å²) >= 11 is 0. The molecule has 0 fully saturated rings. The Hall–Kier alpha value is -2.95. The zero-order valence-corrected chi connectivity index (χ0v) is 12.6. The highest BCUT2D eigenvalue weighted by molar-refractivity contribution is 6.04. The summed E-state index contributed by atoms with van der Waals surface area (Å²) in [6, 6.07) is 11.3. The standard InChI is InChI=1S/C18H14FNO3/c1-10-4-3-5-12-13(18(21)22)9-15(20-17(10)12)11-6-7-16(23-2)14(19)8-11/h3-9H,1-2H3,(H,21,22). The van der Waals surface area contributed by atoms with Crippen LogP contribution in [0.5, 0.6) is 5.75 Å². The summed E-state index contributed by atoms with van der Waals surface area (Å²) in [6.45, 7) is 1.86. The van der Waals surface area contributed by atoms with E-state index in [2.05, 4.69) is 4.98 Å². The van der Waals surface area contributed by atoms with Gasteiger partial charge in [0.1, 0.15) is 0 Å². The molecule has 0 spiro atoms. The van der Waals surface area contributed by atoms with Crippen LogP contribution >= 0.6 is 0 Å². The van der Waals surface area contributed by atoms with E-state index in [1.165, 1.54) is 25.3 Å². The monoisotopic (exact) mass is 311 g/mol. The quantitative estimate of drug-likeness (QED) is 0.792. The summed E-state index contributed by atoms with van der Waals surface area (Å²) < 4.78 is 18.8. The summed E-state index contributed by atoms with van der Waals surface area (Å²) in [4.78, 5) is 16.1. The number of rotatable bonds is 3. The van der Waals surface area contributed by atoms with Gasteiger partial charge in [0.15, 0.2) is 11.6 Å². The molecule has 0 bridgehead atoms. The summed E-state index contributed by atoms with van der Waals surface area (Å²) in [5.74, 6) is -1.43. The molecule has 0 saturated carbocycles. The van der Waals surface area contributed by atoms with E-state index >= 15 is 0 Å². The number of benzene rings is 2. The Bertz CT molecular complexity index is 922. The number of pyridine rings is 1. The molecule has 0 atom stereocenters. The number of nitrogens with zero attached hydrogens (tertiary/aromatic N) is 1. The number of hydrogen-bond acceptors (Lipinski definition) is 3. The fraction of sp³-hybridized carbons (Fsp3) is 0.111. The van der Waals surface area contributed by atoms with Crippen molar-refractivity contribution >= 4 is 16.9 Å². The molecule has 3 rings (SSSR count). The van der Waals surface area contributed by atoms with E-state index in [1.54, 1.807) is 18.2 Å². The van der Waals surface area contributed by atoms with Crippen LogP contribution in [0.1, 0.15) is 15.9 Å². The molecule has 0 aliphatic heterocycles. The van der Waals surface area contributed by atoms with Crippen LogP contribution in [0.25, 0.3) is 22.2 Å². The van der Waals surface area contributed by atoms with E-state index in [9.17, 15) is 14.3 Å². The third-order valence-electron chi connectivity index (χ3n) is 3.72. The molecule has 116 valence electrons. The van der Waals surface area contributed by atoms with E-state index in [-0.39, 0.29) is 11.3 Å². The van der Waals surface area contributed by atoms with Crippen molar-refractivity contribution in [1.29, 1.82) is 0 Å². The Balaban J connectivity index is 2.28. The number of carbonyl (C=O) groups is 1. The van der Waals surface area contributed by atoms with Crippen LogP contribution in [0.3, 0.4) is 0 Å². The smallest absolute Gasteiger partial charge is 0.336 e. The highest BCUT2D eigenvalue weighted by Gasteiger charge is 2.15. The number of aromatic carboxylic acids is 1. The van der Waals surface area contributed by atoms with Crippen LogP contribution < -0.4 is 4.74 Å². The fourth-order valence-corrected chi connectivity index (χ4v) is 2.54. The molecule has 1 heterocycles. The highest BCUT2D eigenvalue weighted by Crippen LogP contribution is 2.29. The second-order valence-electron chi connectivity index (χ2n) is 5.18. The first-order valence-electron chi connectivity index (χ1n) is 6.99. The van der Waals surface area contributed by atoms with E-state index in [0.29, 0.717) is 22.2 Å². The van der Waals surface area contributed by atoms with Crippen molar-refractivity contribution in [3.05, 3.63) is 59.4 Å². The zero-order valence-electron chi connectivity index (χ0n) is 12.6. The minimum atomic E-state index is -1.04. The minimum Gasteiger partial charge on any atom is -0.494 e. The Labute approximate surface area is 132 Å². The summed E-state index contributed by atoms with van der Waals surface area (Å²) in [6.07, 6.45) is 0. The SMILES string of the molecule is COc1ccc(-c2cc(C(=O)O)c3cccc(C)c3n2)cc1F.